The Balaban J connectivity index is 1.55. The molecule has 0 amide bonds. The van der Waals surface area contributed by atoms with Crippen LogP contribution in [0.5, 0.6) is 0 Å². The van der Waals surface area contributed by atoms with Crippen LogP contribution in [0.3, 0.4) is 0 Å². The summed E-state index contributed by atoms with van der Waals surface area (Å²) < 4.78 is 5.67. The lowest BCUT2D eigenvalue weighted by molar-refractivity contribution is 0.206. The zero-order valence-corrected chi connectivity index (χ0v) is 12.9. The van der Waals surface area contributed by atoms with E-state index in [0.29, 0.717) is 0 Å². The first kappa shape index (κ1) is 14.4. The fourth-order valence-corrected chi connectivity index (χ4v) is 3.08. The molecule has 1 aliphatic rings. The standard InChI is InChI=1S/C16H24N4O/c1-12-5-6-15(21-12)16-14(10-18-19-16)9-17-8-13-4-3-7-20(2)11-13/h5-6,10,13,17H,3-4,7-9,11H2,1-2H3,(H,18,19). The van der Waals surface area contributed by atoms with E-state index in [2.05, 4.69) is 27.5 Å². The summed E-state index contributed by atoms with van der Waals surface area (Å²) in [5.41, 5.74) is 2.14. The van der Waals surface area contributed by atoms with Crippen molar-refractivity contribution in [1.82, 2.24) is 20.4 Å². The Labute approximate surface area is 125 Å². The SMILES string of the molecule is Cc1ccc(-c2[nH]ncc2CNCC2CCCN(C)C2)o1. The summed E-state index contributed by atoms with van der Waals surface area (Å²) in [4.78, 5) is 2.42. The van der Waals surface area contributed by atoms with Gasteiger partial charge in [-0.25, -0.2) is 0 Å². The number of piperidine rings is 1. The van der Waals surface area contributed by atoms with Crippen LogP contribution in [0.4, 0.5) is 0 Å². The maximum atomic E-state index is 5.67. The molecule has 5 nitrogen and oxygen atoms in total. The smallest absolute Gasteiger partial charge is 0.152 e. The average molecular weight is 288 g/mol. The van der Waals surface area contributed by atoms with Gasteiger partial charge in [-0.2, -0.15) is 5.10 Å². The second kappa shape index (κ2) is 6.45. The molecule has 0 spiro atoms. The van der Waals surface area contributed by atoms with E-state index in [1.807, 2.05) is 25.3 Å². The maximum Gasteiger partial charge on any atom is 0.152 e. The molecule has 0 radical (unpaired) electrons. The summed E-state index contributed by atoms with van der Waals surface area (Å²) in [5, 5.41) is 10.8. The number of aryl methyl sites for hydroxylation is 1. The number of aromatic nitrogens is 2. The van der Waals surface area contributed by atoms with Gasteiger partial charge in [-0.3, -0.25) is 5.10 Å². The van der Waals surface area contributed by atoms with E-state index in [4.69, 9.17) is 4.42 Å². The minimum atomic E-state index is 0.755. The van der Waals surface area contributed by atoms with Crippen molar-refractivity contribution in [3.8, 4) is 11.5 Å². The van der Waals surface area contributed by atoms with Crippen molar-refractivity contribution in [2.45, 2.75) is 26.3 Å². The molecule has 1 fully saturated rings. The highest BCUT2D eigenvalue weighted by Gasteiger charge is 2.17. The second-order valence-corrected chi connectivity index (χ2v) is 6.08. The van der Waals surface area contributed by atoms with Gasteiger partial charge in [-0.15, -0.1) is 0 Å². The molecule has 2 aromatic rings. The molecule has 1 saturated heterocycles. The largest absolute Gasteiger partial charge is 0.460 e. The minimum absolute atomic E-state index is 0.755. The van der Waals surface area contributed by atoms with Crippen molar-refractivity contribution < 1.29 is 4.42 Å². The highest BCUT2D eigenvalue weighted by atomic mass is 16.3. The predicted octanol–water partition coefficient (Wildman–Crippen LogP) is 2.41. The van der Waals surface area contributed by atoms with Crippen molar-refractivity contribution in [2.75, 3.05) is 26.7 Å². The molecule has 2 N–H and O–H groups in total. The van der Waals surface area contributed by atoms with E-state index < -0.39 is 0 Å². The van der Waals surface area contributed by atoms with Crippen LogP contribution in [-0.2, 0) is 6.54 Å². The minimum Gasteiger partial charge on any atom is -0.460 e. The molecule has 5 heteroatoms. The van der Waals surface area contributed by atoms with Crippen LogP contribution in [-0.4, -0.2) is 41.8 Å². The molecule has 0 bridgehead atoms. The number of nitrogens with zero attached hydrogens (tertiary/aromatic N) is 2. The Morgan fingerprint density at radius 3 is 3.14 bits per heavy atom. The highest BCUT2D eigenvalue weighted by molar-refractivity contribution is 5.56. The molecule has 3 heterocycles. The zero-order chi connectivity index (χ0) is 14.7. The topological polar surface area (TPSA) is 57.1 Å². The normalized spacial score (nSPS) is 20.0. The van der Waals surface area contributed by atoms with Crippen LogP contribution in [0.1, 0.15) is 24.2 Å². The monoisotopic (exact) mass is 288 g/mol. The summed E-state index contributed by atoms with van der Waals surface area (Å²) in [6.45, 7) is 6.28. The third-order valence-electron chi connectivity index (χ3n) is 4.18. The second-order valence-electron chi connectivity index (χ2n) is 6.08. The zero-order valence-electron chi connectivity index (χ0n) is 12.9. The van der Waals surface area contributed by atoms with Crippen LogP contribution < -0.4 is 5.32 Å². The molecular formula is C16H24N4O. The van der Waals surface area contributed by atoms with Gasteiger partial charge in [0.1, 0.15) is 11.5 Å². The molecular weight excluding hydrogens is 264 g/mol. The number of rotatable bonds is 5. The first-order valence-electron chi connectivity index (χ1n) is 7.70. The van der Waals surface area contributed by atoms with Gasteiger partial charge in [-0.1, -0.05) is 0 Å². The van der Waals surface area contributed by atoms with Gasteiger partial charge in [0.2, 0.25) is 0 Å². The summed E-state index contributed by atoms with van der Waals surface area (Å²) in [7, 11) is 2.21. The van der Waals surface area contributed by atoms with E-state index in [0.717, 1.165) is 41.8 Å². The van der Waals surface area contributed by atoms with Crippen molar-refractivity contribution >= 4 is 0 Å². The number of furan rings is 1. The average Bonchev–Trinajstić information content (AvgIpc) is 3.07. The lowest BCUT2D eigenvalue weighted by Crippen LogP contribution is -2.37. The van der Waals surface area contributed by atoms with Gasteiger partial charge in [0.05, 0.1) is 6.20 Å². The predicted molar refractivity (Wildman–Crippen MR) is 83.0 cm³/mol. The summed E-state index contributed by atoms with van der Waals surface area (Å²) in [6.07, 6.45) is 4.52. The van der Waals surface area contributed by atoms with Crippen LogP contribution in [0.2, 0.25) is 0 Å². The Hall–Kier alpha value is -1.59. The van der Waals surface area contributed by atoms with Gasteiger partial charge in [0.25, 0.3) is 0 Å². The van der Waals surface area contributed by atoms with E-state index in [-0.39, 0.29) is 0 Å². The van der Waals surface area contributed by atoms with Gasteiger partial charge < -0.3 is 14.6 Å². The molecule has 2 aromatic heterocycles. The fraction of sp³-hybridized carbons (Fsp3) is 0.562. The number of hydrogen-bond acceptors (Lipinski definition) is 4. The maximum absolute atomic E-state index is 5.67. The molecule has 21 heavy (non-hydrogen) atoms. The lowest BCUT2D eigenvalue weighted by atomic mass is 9.98. The van der Waals surface area contributed by atoms with Crippen LogP contribution >= 0.6 is 0 Å². The Bertz CT molecular complexity index is 574. The molecule has 3 rings (SSSR count). The van der Waals surface area contributed by atoms with Crippen molar-refractivity contribution in [1.29, 1.82) is 0 Å². The third kappa shape index (κ3) is 3.54. The number of aromatic amines is 1. The summed E-state index contributed by atoms with van der Waals surface area (Å²) in [6, 6.07) is 3.97. The first-order valence-corrected chi connectivity index (χ1v) is 7.70. The van der Waals surface area contributed by atoms with Crippen LogP contribution in [0.15, 0.2) is 22.7 Å². The number of hydrogen-bond donors (Lipinski definition) is 2. The highest BCUT2D eigenvalue weighted by Crippen LogP contribution is 2.23. The first-order chi connectivity index (χ1) is 10.2. The lowest BCUT2D eigenvalue weighted by Gasteiger charge is -2.29. The van der Waals surface area contributed by atoms with E-state index in [1.165, 1.54) is 25.9 Å². The summed E-state index contributed by atoms with van der Waals surface area (Å²) >= 11 is 0. The summed E-state index contributed by atoms with van der Waals surface area (Å²) in [5.74, 6) is 2.54. The van der Waals surface area contributed by atoms with Crippen molar-refractivity contribution in [3.05, 3.63) is 29.7 Å². The number of nitrogens with one attached hydrogen (secondary N) is 2. The van der Waals surface area contributed by atoms with Crippen LogP contribution in [0, 0.1) is 12.8 Å². The molecule has 1 unspecified atom stereocenters. The van der Waals surface area contributed by atoms with E-state index >= 15 is 0 Å². The van der Waals surface area contributed by atoms with E-state index in [1.54, 1.807) is 0 Å². The molecule has 0 saturated carbocycles. The molecule has 1 aliphatic heterocycles. The molecule has 0 aliphatic carbocycles. The van der Waals surface area contributed by atoms with E-state index in [9.17, 15) is 0 Å². The molecule has 0 aromatic carbocycles. The van der Waals surface area contributed by atoms with Gasteiger partial charge in [0, 0.05) is 18.7 Å². The Kier molecular flexibility index (Phi) is 4.41. The van der Waals surface area contributed by atoms with Crippen LogP contribution in [0.25, 0.3) is 11.5 Å². The Morgan fingerprint density at radius 2 is 2.38 bits per heavy atom. The van der Waals surface area contributed by atoms with Crippen molar-refractivity contribution in [2.24, 2.45) is 5.92 Å². The molecule has 1 atom stereocenters. The van der Waals surface area contributed by atoms with Gasteiger partial charge in [0.15, 0.2) is 5.76 Å². The van der Waals surface area contributed by atoms with Gasteiger partial charge >= 0.3 is 0 Å². The van der Waals surface area contributed by atoms with Crippen molar-refractivity contribution in [3.63, 3.8) is 0 Å². The Morgan fingerprint density at radius 1 is 1.48 bits per heavy atom. The quantitative estimate of drug-likeness (QED) is 0.887. The fourth-order valence-electron chi connectivity index (χ4n) is 3.08. The third-order valence-corrected chi connectivity index (χ3v) is 4.18. The van der Waals surface area contributed by atoms with Gasteiger partial charge in [-0.05, 0) is 58.0 Å². The number of H-pyrrole nitrogens is 1. The molecule has 114 valence electrons. The number of likely N-dealkylation sites (tertiary alicyclic amines) is 1.